The van der Waals surface area contributed by atoms with E-state index in [9.17, 15) is 14.4 Å². The van der Waals surface area contributed by atoms with E-state index < -0.39 is 0 Å². The Morgan fingerprint density at radius 2 is 1.89 bits per heavy atom. The molecule has 3 aromatic rings. The minimum absolute atomic E-state index is 0.0341. The monoisotopic (exact) mass is 362 g/mol. The van der Waals surface area contributed by atoms with Gasteiger partial charge in [0.05, 0.1) is 23.1 Å². The van der Waals surface area contributed by atoms with Gasteiger partial charge in [-0.1, -0.05) is 24.3 Å². The Balaban J connectivity index is 1.74. The minimum atomic E-state index is -0.299. The lowest BCUT2D eigenvalue weighted by Gasteiger charge is -2.28. The molecule has 136 valence electrons. The van der Waals surface area contributed by atoms with Crippen molar-refractivity contribution < 1.29 is 9.59 Å². The third kappa shape index (κ3) is 3.08. The Kier molecular flexibility index (Phi) is 4.19. The highest BCUT2D eigenvalue weighted by Crippen LogP contribution is 2.31. The second-order valence-electron chi connectivity index (χ2n) is 6.57. The van der Waals surface area contributed by atoms with Crippen LogP contribution in [0.25, 0.3) is 10.9 Å². The molecule has 0 saturated carbocycles. The van der Waals surface area contributed by atoms with Gasteiger partial charge < -0.3 is 10.2 Å². The molecular formula is C20H18N4O3. The number of carbonyl (C=O) groups is 2. The lowest BCUT2D eigenvalue weighted by Crippen LogP contribution is -2.41. The molecule has 0 saturated heterocycles. The second-order valence-corrected chi connectivity index (χ2v) is 6.57. The molecule has 1 aliphatic heterocycles. The first kappa shape index (κ1) is 17.0. The standard InChI is InChI=1S/C20H18N4O3/c1-13-10-19(26)22-15-7-3-5-9-17(15)24(13)20(27)12-23-16-8-4-2-6-14(16)18(25)11-21-23/h2-9,11,13H,10,12H2,1H3,(H,22,26)/t13-/m0/s1. The molecule has 0 spiro atoms. The molecule has 1 N–H and O–H groups in total. The van der Waals surface area contributed by atoms with Crippen LogP contribution in [0.2, 0.25) is 0 Å². The fourth-order valence-electron chi connectivity index (χ4n) is 3.46. The first-order valence-corrected chi connectivity index (χ1v) is 8.70. The van der Waals surface area contributed by atoms with Crippen molar-refractivity contribution in [2.75, 3.05) is 10.2 Å². The van der Waals surface area contributed by atoms with E-state index in [4.69, 9.17) is 0 Å². The maximum absolute atomic E-state index is 13.2. The highest BCUT2D eigenvalue weighted by atomic mass is 16.2. The van der Waals surface area contributed by atoms with E-state index >= 15 is 0 Å². The van der Waals surface area contributed by atoms with Gasteiger partial charge in [0, 0.05) is 17.8 Å². The summed E-state index contributed by atoms with van der Waals surface area (Å²) in [5.41, 5.74) is 1.69. The Morgan fingerprint density at radius 3 is 2.74 bits per heavy atom. The molecule has 0 fully saturated rings. The molecule has 7 heteroatoms. The first-order chi connectivity index (χ1) is 13.0. The van der Waals surface area contributed by atoms with Crippen LogP contribution in [0.5, 0.6) is 0 Å². The summed E-state index contributed by atoms with van der Waals surface area (Å²) in [5, 5.41) is 7.49. The molecule has 1 aliphatic rings. The van der Waals surface area contributed by atoms with E-state index in [0.717, 1.165) is 0 Å². The number of para-hydroxylation sites is 3. The van der Waals surface area contributed by atoms with E-state index in [1.54, 1.807) is 35.2 Å². The summed E-state index contributed by atoms with van der Waals surface area (Å²) >= 11 is 0. The zero-order chi connectivity index (χ0) is 19.0. The molecule has 7 nitrogen and oxygen atoms in total. The normalized spacial score (nSPS) is 16.6. The minimum Gasteiger partial charge on any atom is -0.324 e. The number of carbonyl (C=O) groups excluding carboxylic acids is 2. The SMILES string of the molecule is C[C@H]1CC(=O)Nc2ccccc2N1C(=O)Cn1ncc(=O)c2ccccc21. The van der Waals surface area contributed by atoms with Gasteiger partial charge in [0.1, 0.15) is 6.54 Å². The molecule has 27 heavy (non-hydrogen) atoms. The Hall–Kier alpha value is -3.48. The van der Waals surface area contributed by atoms with Crippen LogP contribution in [-0.2, 0) is 16.1 Å². The summed E-state index contributed by atoms with van der Waals surface area (Å²) in [5.74, 6) is -0.329. The summed E-state index contributed by atoms with van der Waals surface area (Å²) < 4.78 is 1.52. The van der Waals surface area contributed by atoms with Gasteiger partial charge in [0.25, 0.3) is 0 Å². The maximum Gasteiger partial charge on any atom is 0.249 e. The van der Waals surface area contributed by atoms with Crippen molar-refractivity contribution in [3.63, 3.8) is 0 Å². The summed E-state index contributed by atoms with van der Waals surface area (Å²) in [6, 6.07) is 14.0. The van der Waals surface area contributed by atoms with Crippen molar-refractivity contribution in [2.45, 2.75) is 25.9 Å². The third-order valence-corrected chi connectivity index (χ3v) is 4.67. The molecule has 1 aromatic heterocycles. The van der Waals surface area contributed by atoms with Crippen molar-refractivity contribution >= 4 is 34.1 Å². The number of hydrogen-bond donors (Lipinski definition) is 1. The van der Waals surface area contributed by atoms with E-state index in [1.165, 1.54) is 10.9 Å². The number of rotatable bonds is 2. The van der Waals surface area contributed by atoms with E-state index in [1.807, 2.05) is 25.1 Å². The Labute approximate surface area is 155 Å². The summed E-state index contributed by atoms with van der Waals surface area (Å²) in [6.07, 6.45) is 1.43. The average Bonchev–Trinajstić information content (AvgIpc) is 2.78. The summed E-state index contributed by atoms with van der Waals surface area (Å²) in [4.78, 5) is 38.9. The first-order valence-electron chi connectivity index (χ1n) is 8.70. The number of anilines is 2. The van der Waals surface area contributed by atoms with Crippen LogP contribution >= 0.6 is 0 Å². The zero-order valence-corrected chi connectivity index (χ0v) is 14.8. The van der Waals surface area contributed by atoms with Gasteiger partial charge in [0.15, 0.2) is 0 Å². The van der Waals surface area contributed by atoms with Crippen molar-refractivity contribution in [1.29, 1.82) is 0 Å². The number of fused-ring (bicyclic) bond motifs is 2. The summed E-state index contributed by atoms with van der Waals surface area (Å²) in [7, 11) is 0. The Bertz CT molecular complexity index is 1110. The van der Waals surface area contributed by atoms with Crippen LogP contribution in [-0.4, -0.2) is 27.6 Å². The van der Waals surface area contributed by atoms with Crippen molar-refractivity contribution in [3.05, 3.63) is 65.0 Å². The van der Waals surface area contributed by atoms with Crippen molar-refractivity contribution in [1.82, 2.24) is 9.78 Å². The molecule has 4 rings (SSSR count). The molecule has 1 atom stereocenters. The van der Waals surface area contributed by atoms with Gasteiger partial charge in [-0.3, -0.25) is 19.1 Å². The van der Waals surface area contributed by atoms with Crippen molar-refractivity contribution in [3.8, 4) is 0 Å². The molecule has 0 radical (unpaired) electrons. The number of aromatic nitrogens is 2. The number of nitrogens with zero attached hydrogens (tertiary/aromatic N) is 3. The van der Waals surface area contributed by atoms with Gasteiger partial charge in [0.2, 0.25) is 17.2 Å². The van der Waals surface area contributed by atoms with Crippen LogP contribution in [0.15, 0.2) is 59.5 Å². The molecule has 0 unspecified atom stereocenters. The number of amides is 2. The third-order valence-electron chi connectivity index (χ3n) is 4.67. The predicted molar refractivity (Wildman–Crippen MR) is 103 cm³/mol. The highest BCUT2D eigenvalue weighted by Gasteiger charge is 2.29. The topological polar surface area (TPSA) is 84.3 Å². The van der Waals surface area contributed by atoms with Crippen LogP contribution in [0.3, 0.4) is 0 Å². The largest absolute Gasteiger partial charge is 0.324 e. The number of benzene rings is 2. The molecule has 2 amide bonds. The van der Waals surface area contributed by atoms with E-state index in [2.05, 4.69) is 10.4 Å². The average molecular weight is 362 g/mol. The van der Waals surface area contributed by atoms with Gasteiger partial charge in [-0.2, -0.15) is 5.10 Å². The lowest BCUT2D eigenvalue weighted by atomic mass is 10.1. The smallest absolute Gasteiger partial charge is 0.249 e. The number of nitrogens with one attached hydrogen (secondary N) is 1. The molecular weight excluding hydrogens is 344 g/mol. The number of hydrogen-bond acceptors (Lipinski definition) is 4. The van der Waals surface area contributed by atoms with Gasteiger partial charge >= 0.3 is 0 Å². The fourth-order valence-corrected chi connectivity index (χ4v) is 3.46. The van der Waals surface area contributed by atoms with E-state index in [-0.39, 0.29) is 36.3 Å². The second kappa shape index (κ2) is 6.68. The van der Waals surface area contributed by atoms with Gasteiger partial charge in [-0.05, 0) is 31.2 Å². The Morgan fingerprint density at radius 1 is 1.15 bits per heavy atom. The molecule has 2 heterocycles. The predicted octanol–water partition coefficient (Wildman–Crippen LogP) is 2.16. The molecule has 0 bridgehead atoms. The van der Waals surface area contributed by atoms with Crippen LogP contribution in [0.1, 0.15) is 13.3 Å². The van der Waals surface area contributed by atoms with Crippen LogP contribution < -0.4 is 15.6 Å². The quantitative estimate of drug-likeness (QED) is 0.757. The van der Waals surface area contributed by atoms with E-state index in [0.29, 0.717) is 22.3 Å². The van der Waals surface area contributed by atoms with Crippen LogP contribution in [0, 0.1) is 0 Å². The summed E-state index contributed by atoms with van der Waals surface area (Å²) in [6.45, 7) is 1.81. The van der Waals surface area contributed by atoms with Crippen LogP contribution in [0.4, 0.5) is 11.4 Å². The van der Waals surface area contributed by atoms with Crippen molar-refractivity contribution in [2.24, 2.45) is 0 Å². The lowest BCUT2D eigenvalue weighted by molar-refractivity contribution is -0.120. The maximum atomic E-state index is 13.2. The zero-order valence-electron chi connectivity index (χ0n) is 14.8. The molecule has 0 aliphatic carbocycles. The highest BCUT2D eigenvalue weighted by molar-refractivity contribution is 6.04. The van der Waals surface area contributed by atoms with Gasteiger partial charge in [-0.25, -0.2) is 0 Å². The fraction of sp³-hybridized carbons (Fsp3) is 0.200. The van der Waals surface area contributed by atoms with Gasteiger partial charge in [-0.15, -0.1) is 0 Å². The molecule has 2 aromatic carbocycles.